The molecule has 0 radical (unpaired) electrons. The van der Waals surface area contributed by atoms with Crippen LogP contribution in [-0.2, 0) is 11.8 Å². The van der Waals surface area contributed by atoms with Crippen molar-refractivity contribution in [3.63, 3.8) is 0 Å². The van der Waals surface area contributed by atoms with E-state index >= 15 is 0 Å². The van der Waals surface area contributed by atoms with E-state index in [2.05, 4.69) is 41.7 Å². The summed E-state index contributed by atoms with van der Waals surface area (Å²) in [5.74, 6) is 0.830. The Bertz CT molecular complexity index is 476. The van der Waals surface area contributed by atoms with E-state index in [9.17, 15) is 0 Å². The highest BCUT2D eigenvalue weighted by molar-refractivity contribution is 5.45. The highest BCUT2D eigenvalue weighted by Gasteiger charge is 2.49. The lowest BCUT2D eigenvalue weighted by atomic mass is 9.55. The number of hydrogen-bond donors (Lipinski definition) is 1. The molecular weight excluding hydrogens is 206 g/mol. The van der Waals surface area contributed by atoms with Gasteiger partial charge in [0.15, 0.2) is 0 Å². The van der Waals surface area contributed by atoms with Crippen LogP contribution in [0.25, 0.3) is 0 Å². The number of benzene rings is 1. The van der Waals surface area contributed by atoms with Crippen molar-refractivity contribution >= 4 is 0 Å². The average Bonchev–Trinajstić information content (AvgIpc) is 2.39. The van der Waals surface area contributed by atoms with Crippen LogP contribution in [0, 0.1) is 5.92 Å². The fraction of sp³-hybridized carbons (Fsp3) is 0.500. The lowest BCUT2D eigenvalue weighted by Crippen LogP contribution is -2.58. The van der Waals surface area contributed by atoms with Crippen LogP contribution >= 0.6 is 0 Å². The molecule has 1 heteroatoms. The van der Waals surface area contributed by atoms with Crippen molar-refractivity contribution in [2.45, 2.75) is 37.1 Å². The molecule has 3 atom stereocenters. The predicted molar refractivity (Wildman–Crippen MR) is 70.1 cm³/mol. The maximum atomic E-state index is 3.75. The van der Waals surface area contributed by atoms with Gasteiger partial charge in [-0.25, -0.2) is 0 Å². The van der Waals surface area contributed by atoms with Crippen molar-refractivity contribution in [3.8, 4) is 0 Å². The average molecular weight is 225 g/mol. The van der Waals surface area contributed by atoms with Gasteiger partial charge < -0.3 is 5.32 Å². The smallest absolute Gasteiger partial charge is 0.0190 e. The second-order valence-corrected chi connectivity index (χ2v) is 5.80. The van der Waals surface area contributed by atoms with Gasteiger partial charge in [-0.3, -0.25) is 0 Å². The number of rotatable bonds is 0. The first-order valence-corrected chi connectivity index (χ1v) is 6.90. The normalized spacial score (nSPS) is 38.4. The first-order valence-electron chi connectivity index (χ1n) is 6.90. The van der Waals surface area contributed by atoms with Gasteiger partial charge in [0.1, 0.15) is 0 Å². The van der Waals surface area contributed by atoms with E-state index in [4.69, 9.17) is 0 Å². The predicted octanol–water partition coefficient (Wildman–Crippen LogP) is 2.81. The third-order valence-electron chi connectivity index (χ3n) is 5.11. The Kier molecular flexibility index (Phi) is 2.01. The van der Waals surface area contributed by atoms with Crippen LogP contribution in [-0.4, -0.2) is 12.6 Å². The molecule has 0 unspecified atom stereocenters. The SMILES string of the molecule is C1=C[C@]23CCN[C@H](Cc4ccccc42)[C@@H]3CC1. The first kappa shape index (κ1) is 9.90. The molecule has 3 aliphatic rings. The Morgan fingerprint density at radius 2 is 2.18 bits per heavy atom. The second kappa shape index (κ2) is 3.46. The van der Waals surface area contributed by atoms with Crippen molar-refractivity contribution in [2.24, 2.45) is 5.92 Å². The molecule has 0 saturated carbocycles. The zero-order valence-electron chi connectivity index (χ0n) is 10.2. The van der Waals surface area contributed by atoms with Crippen LogP contribution in [0.1, 0.15) is 30.4 Å². The van der Waals surface area contributed by atoms with E-state index in [0.29, 0.717) is 11.5 Å². The fourth-order valence-corrected chi connectivity index (χ4v) is 4.41. The van der Waals surface area contributed by atoms with Crippen LogP contribution in [0.15, 0.2) is 36.4 Å². The van der Waals surface area contributed by atoms with Crippen LogP contribution < -0.4 is 5.32 Å². The van der Waals surface area contributed by atoms with Gasteiger partial charge >= 0.3 is 0 Å². The Labute approximate surface area is 103 Å². The van der Waals surface area contributed by atoms with Crippen molar-refractivity contribution in [3.05, 3.63) is 47.5 Å². The molecule has 1 aromatic carbocycles. The van der Waals surface area contributed by atoms with E-state index < -0.39 is 0 Å². The van der Waals surface area contributed by atoms with Gasteiger partial charge in [-0.15, -0.1) is 0 Å². The standard InChI is InChI=1S/C16H19N/c1-2-6-13-12(5-1)11-15-14-7-3-4-8-16(13,14)9-10-17-15/h1-2,4-6,8,14-15,17H,3,7,9-11H2/t14-,15+,16-/m0/s1. The number of allylic oxidation sites excluding steroid dienone is 2. The highest BCUT2D eigenvalue weighted by Crippen LogP contribution is 2.50. The molecule has 1 aromatic rings. The van der Waals surface area contributed by atoms with E-state index in [1.165, 1.54) is 32.2 Å². The molecule has 1 aliphatic heterocycles. The molecule has 1 heterocycles. The third-order valence-corrected chi connectivity index (χ3v) is 5.11. The van der Waals surface area contributed by atoms with Gasteiger partial charge in [0.05, 0.1) is 0 Å². The van der Waals surface area contributed by atoms with Crippen molar-refractivity contribution in [2.75, 3.05) is 6.54 Å². The molecule has 1 N–H and O–H groups in total. The molecule has 0 aromatic heterocycles. The Balaban J connectivity index is 1.96. The molecule has 2 aliphatic carbocycles. The quantitative estimate of drug-likeness (QED) is 0.669. The van der Waals surface area contributed by atoms with Gasteiger partial charge in [0, 0.05) is 11.5 Å². The number of fused-ring (bicyclic) bond motifs is 1. The lowest BCUT2D eigenvalue weighted by Gasteiger charge is -2.53. The molecule has 1 saturated heterocycles. The minimum atomic E-state index is 0.364. The summed E-state index contributed by atoms with van der Waals surface area (Å²) >= 11 is 0. The molecule has 0 amide bonds. The Morgan fingerprint density at radius 3 is 3.18 bits per heavy atom. The lowest BCUT2D eigenvalue weighted by molar-refractivity contribution is 0.149. The van der Waals surface area contributed by atoms with E-state index in [1.807, 2.05) is 0 Å². The van der Waals surface area contributed by atoms with E-state index in [-0.39, 0.29) is 0 Å². The molecular formula is C16H19N. The topological polar surface area (TPSA) is 12.0 Å². The summed E-state index contributed by atoms with van der Waals surface area (Å²) in [6, 6.07) is 9.83. The molecule has 0 spiro atoms. The largest absolute Gasteiger partial charge is 0.313 e. The summed E-state index contributed by atoms with van der Waals surface area (Å²) in [6.45, 7) is 1.18. The zero-order chi connectivity index (χ0) is 11.3. The van der Waals surface area contributed by atoms with Gasteiger partial charge in [0.2, 0.25) is 0 Å². The van der Waals surface area contributed by atoms with Gasteiger partial charge in [-0.05, 0) is 49.3 Å². The van der Waals surface area contributed by atoms with Crippen LogP contribution in [0.4, 0.5) is 0 Å². The molecule has 17 heavy (non-hydrogen) atoms. The maximum Gasteiger partial charge on any atom is 0.0190 e. The van der Waals surface area contributed by atoms with Crippen LogP contribution in [0.3, 0.4) is 0 Å². The molecule has 1 fully saturated rings. The fourth-order valence-electron chi connectivity index (χ4n) is 4.41. The summed E-state index contributed by atoms with van der Waals surface area (Å²) in [7, 11) is 0. The Hall–Kier alpha value is -1.08. The van der Waals surface area contributed by atoms with E-state index in [1.54, 1.807) is 11.1 Å². The summed E-state index contributed by atoms with van der Waals surface area (Å²) < 4.78 is 0. The maximum absolute atomic E-state index is 3.75. The molecule has 4 rings (SSSR count). The van der Waals surface area contributed by atoms with Gasteiger partial charge in [0.25, 0.3) is 0 Å². The minimum Gasteiger partial charge on any atom is -0.313 e. The summed E-state index contributed by atoms with van der Waals surface area (Å²) in [5, 5.41) is 3.75. The minimum absolute atomic E-state index is 0.364. The number of piperidine rings is 1. The zero-order valence-corrected chi connectivity index (χ0v) is 10.2. The molecule has 1 nitrogen and oxygen atoms in total. The summed E-state index contributed by atoms with van der Waals surface area (Å²) in [4.78, 5) is 0. The first-order chi connectivity index (χ1) is 8.40. The third kappa shape index (κ3) is 1.23. The van der Waals surface area contributed by atoms with Crippen LogP contribution in [0.5, 0.6) is 0 Å². The monoisotopic (exact) mass is 225 g/mol. The van der Waals surface area contributed by atoms with Crippen molar-refractivity contribution < 1.29 is 0 Å². The van der Waals surface area contributed by atoms with Crippen LogP contribution in [0.2, 0.25) is 0 Å². The van der Waals surface area contributed by atoms with Gasteiger partial charge in [-0.2, -0.15) is 0 Å². The van der Waals surface area contributed by atoms with E-state index in [0.717, 1.165) is 5.92 Å². The molecule has 2 bridgehead atoms. The Morgan fingerprint density at radius 1 is 1.24 bits per heavy atom. The molecule has 88 valence electrons. The van der Waals surface area contributed by atoms with Gasteiger partial charge in [-0.1, -0.05) is 36.4 Å². The second-order valence-electron chi connectivity index (χ2n) is 5.80. The van der Waals surface area contributed by atoms with Crippen molar-refractivity contribution in [1.29, 1.82) is 0 Å². The van der Waals surface area contributed by atoms with Crippen molar-refractivity contribution in [1.82, 2.24) is 5.32 Å². The summed E-state index contributed by atoms with van der Waals surface area (Å²) in [5.41, 5.74) is 3.56. The summed E-state index contributed by atoms with van der Waals surface area (Å²) in [6.07, 6.45) is 10.1. The highest BCUT2D eigenvalue weighted by atomic mass is 15.0. The number of hydrogen-bond acceptors (Lipinski definition) is 1. The number of nitrogens with one attached hydrogen (secondary N) is 1.